The van der Waals surface area contributed by atoms with Gasteiger partial charge in [0.1, 0.15) is 0 Å². The summed E-state index contributed by atoms with van der Waals surface area (Å²) in [5.41, 5.74) is 7.57. The molecular weight excluding hydrogens is 190 g/mol. The van der Waals surface area contributed by atoms with Gasteiger partial charge in [0.2, 0.25) is 0 Å². The maximum absolute atomic E-state index is 5.75. The van der Waals surface area contributed by atoms with Crippen LogP contribution in [0.3, 0.4) is 0 Å². The quantitative estimate of drug-likeness (QED) is 0.757. The third kappa shape index (κ3) is 3.90. The molecule has 1 aromatic carbocycles. The van der Waals surface area contributed by atoms with E-state index in [0.29, 0.717) is 6.61 Å². The lowest BCUT2D eigenvalue weighted by Crippen LogP contribution is -2.17. The Morgan fingerprint density at radius 1 is 1.33 bits per heavy atom. The molecule has 0 aliphatic rings. The SMILES string of the molecule is COCC(C)OC(C)c1cccc(N)c1. The highest BCUT2D eigenvalue weighted by Gasteiger charge is 2.10. The molecule has 0 saturated carbocycles. The van der Waals surface area contributed by atoms with Crippen molar-refractivity contribution in [3.8, 4) is 0 Å². The average Bonchev–Trinajstić information content (AvgIpc) is 2.18. The number of nitrogens with two attached hydrogens (primary N) is 1. The van der Waals surface area contributed by atoms with E-state index in [1.54, 1.807) is 7.11 Å². The van der Waals surface area contributed by atoms with Gasteiger partial charge in [-0.2, -0.15) is 0 Å². The molecule has 84 valence electrons. The molecule has 2 atom stereocenters. The fraction of sp³-hybridized carbons (Fsp3) is 0.500. The minimum absolute atomic E-state index is 0.0404. The van der Waals surface area contributed by atoms with Crippen LogP contribution in [0.4, 0.5) is 5.69 Å². The van der Waals surface area contributed by atoms with Crippen LogP contribution in [0.15, 0.2) is 24.3 Å². The summed E-state index contributed by atoms with van der Waals surface area (Å²) < 4.78 is 10.8. The van der Waals surface area contributed by atoms with Crippen LogP contribution in [0, 0.1) is 0 Å². The summed E-state index contributed by atoms with van der Waals surface area (Å²) in [7, 11) is 1.67. The summed E-state index contributed by atoms with van der Waals surface area (Å²) in [6, 6.07) is 7.76. The van der Waals surface area contributed by atoms with Crippen LogP contribution < -0.4 is 5.73 Å². The first-order chi connectivity index (χ1) is 7.13. The van der Waals surface area contributed by atoms with Crippen molar-refractivity contribution in [1.29, 1.82) is 0 Å². The molecule has 2 unspecified atom stereocenters. The second-order valence-electron chi connectivity index (χ2n) is 3.71. The van der Waals surface area contributed by atoms with Crippen molar-refractivity contribution in [3.63, 3.8) is 0 Å². The molecule has 3 heteroatoms. The fourth-order valence-corrected chi connectivity index (χ4v) is 1.51. The molecule has 3 nitrogen and oxygen atoms in total. The molecule has 0 radical (unpaired) electrons. The Kier molecular flexibility index (Phi) is 4.59. The van der Waals surface area contributed by atoms with E-state index in [1.165, 1.54) is 0 Å². The van der Waals surface area contributed by atoms with E-state index in [9.17, 15) is 0 Å². The summed E-state index contributed by atoms with van der Waals surface area (Å²) in [4.78, 5) is 0. The molecule has 0 saturated heterocycles. The van der Waals surface area contributed by atoms with E-state index in [2.05, 4.69) is 0 Å². The van der Waals surface area contributed by atoms with Crippen molar-refractivity contribution in [1.82, 2.24) is 0 Å². The summed E-state index contributed by atoms with van der Waals surface area (Å²) >= 11 is 0. The number of benzene rings is 1. The van der Waals surface area contributed by atoms with Gasteiger partial charge in [-0.05, 0) is 31.5 Å². The van der Waals surface area contributed by atoms with Gasteiger partial charge in [0.25, 0.3) is 0 Å². The Hall–Kier alpha value is -1.06. The first-order valence-electron chi connectivity index (χ1n) is 5.13. The van der Waals surface area contributed by atoms with Crippen LogP contribution in [0.5, 0.6) is 0 Å². The zero-order chi connectivity index (χ0) is 11.3. The van der Waals surface area contributed by atoms with Gasteiger partial charge in [0.05, 0.1) is 18.8 Å². The van der Waals surface area contributed by atoms with Gasteiger partial charge in [0, 0.05) is 12.8 Å². The third-order valence-electron chi connectivity index (χ3n) is 2.22. The van der Waals surface area contributed by atoms with Crippen molar-refractivity contribution in [2.45, 2.75) is 26.1 Å². The molecule has 0 heterocycles. The maximum Gasteiger partial charge on any atom is 0.0802 e. The molecule has 0 bridgehead atoms. The summed E-state index contributed by atoms with van der Waals surface area (Å²) in [6.45, 7) is 4.61. The maximum atomic E-state index is 5.75. The number of methoxy groups -OCH3 is 1. The van der Waals surface area contributed by atoms with Crippen LogP contribution in [0.25, 0.3) is 0 Å². The molecule has 0 fully saturated rings. The van der Waals surface area contributed by atoms with Gasteiger partial charge in [-0.25, -0.2) is 0 Å². The summed E-state index contributed by atoms with van der Waals surface area (Å²) in [6.07, 6.45) is 0.130. The van der Waals surface area contributed by atoms with Gasteiger partial charge in [-0.3, -0.25) is 0 Å². The monoisotopic (exact) mass is 209 g/mol. The lowest BCUT2D eigenvalue weighted by Gasteiger charge is -2.19. The highest BCUT2D eigenvalue weighted by molar-refractivity contribution is 5.41. The largest absolute Gasteiger partial charge is 0.399 e. The summed E-state index contributed by atoms with van der Waals surface area (Å²) in [5.74, 6) is 0. The number of rotatable bonds is 5. The number of anilines is 1. The molecule has 0 aromatic heterocycles. The molecule has 0 aliphatic heterocycles. The van der Waals surface area contributed by atoms with Crippen LogP contribution in [0.2, 0.25) is 0 Å². The zero-order valence-corrected chi connectivity index (χ0v) is 9.57. The van der Waals surface area contributed by atoms with Gasteiger partial charge >= 0.3 is 0 Å². The van der Waals surface area contributed by atoms with Gasteiger partial charge in [0.15, 0.2) is 0 Å². The highest BCUT2D eigenvalue weighted by Crippen LogP contribution is 2.20. The second-order valence-corrected chi connectivity index (χ2v) is 3.71. The first-order valence-corrected chi connectivity index (χ1v) is 5.13. The molecule has 1 rings (SSSR count). The molecule has 15 heavy (non-hydrogen) atoms. The minimum Gasteiger partial charge on any atom is -0.399 e. The van der Waals surface area contributed by atoms with E-state index < -0.39 is 0 Å². The number of hydrogen-bond donors (Lipinski definition) is 1. The lowest BCUT2D eigenvalue weighted by atomic mass is 10.1. The number of ether oxygens (including phenoxy) is 2. The predicted molar refractivity (Wildman–Crippen MR) is 61.7 cm³/mol. The standard InChI is InChI=1S/C12H19NO2/c1-9(8-14-3)15-10(2)11-5-4-6-12(13)7-11/h4-7,9-10H,8,13H2,1-3H3. The Morgan fingerprint density at radius 2 is 2.07 bits per heavy atom. The van der Waals surface area contributed by atoms with Crippen molar-refractivity contribution in [2.24, 2.45) is 0 Å². The lowest BCUT2D eigenvalue weighted by molar-refractivity contribution is -0.0323. The molecule has 0 aliphatic carbocycles. The van der Waals surface area contributed by atoms with Crippen molar-refractivity contribution in [3.05, 3.63) is 29.8 Å². The highest BCUT2D eigenvalue weighted by atomic mass is 16.5. The van der Waals surface area contributed by atoms with Gasteiger partial charge < -0.3 is 15.2 Å². The summed E-state index contributed by atoms with van der Waals surface area (Å²) in [5, 5.41) is 0. The molecule has 1 aromatic rings. The van der Waals surface area contributed by atoms with E-state index in [1.807, 2.05) is 38.1 Å². The fourth-order valence-electron chi connectivity index (χ4n) is 1.51. The molecular formula is C12H19NO2. The number of nitrogen functional groups attached to an aromatic ring is 1. The average molecular weight is 209 g/mol. The molecule has 0 spiro atoms. The van der Waals surface area contributed by atoms with Crippen molar-refractivity contribution < 1.29 is 9.47 Å². The zero-order valence-electron chi connectivity index (χ0n) is 9.57. The van der Waals surface area contributed by atoms with E-state index >= 15 is 0 Å². The predicted octanol–water partition coefficient (Wildman–Crippen LogP) is 2.38. The van der Waals surface area contributed by atoms with Crippen LogP contribution in [-0.2, 0) is 9.47 Å². The van der Waals surface area contributed by atoms with Crippen molar-refractivity contribution >= 4 is 5.69 Å². The van der Waals surface area contributed by atoms with E-state index in [4.69, 9.17) is 15.2 Å². The van der Waals surface area contributed by atoms with E-state index in [-0.39, 0.29) is 12.2 Å². The normalized spacial score (nSPS) is 14.9. The Bertz CT molecular complexity index is 301. The first kappa shape index (κ1) is 12.0. The smallest absolute Gasteiger partial charge is 0.0802 e. The van der Waals surface area contributed by atoms with Crippen molar-refractivity contribution in [2.75, 3.05) is 19.5 Å². The van der Waals surface area contributed by atoms with Gasteiger partial charge in [-0.1, -0.05) is 12.1 Å². The van der Waals surface area contributed by atoms with E-state index in [0.717, 1.165) is 11.3 Å². The molecule has 2 N–H and O–H groups in total. The Morgan fingerprint density at radius 3 is 2.67 bits per heavy atom. The molecule has 0 amide bonds. The van der Waals surface area contributed by atoms with Crippen LogP contribution in [-0.4, -0.2) is 19.8 Å². The Labute approximate surface area is 91.2 Å². The second kappa shape index (κ2) is 5.73. The number of hydrogen-bond acceptors (Lipinski definition) is 3. The topological polar surface area (TPSA) is 44.5 Å². The minimum atomic E-state index is 0.0404. The Balaban J connectivity index is 2.56. The van der Waals surface area contributed by atoms with Gasteiger partial charge in [-0.15, -0.1) is 0 Å². The van der Waals surface area contributed by atoms with Crippen LogP contribution in [0.1, 0.15) is 25.5 Å². The van der Waals surface area contributed by atoms with Crippen LogP contribution >= 0.6 is 0 Å². The third-order valence-corrected chi connectivity index (χ3v) is 2.22.